The number of pyridine rings is 1. The van der Waals surface area contributed by atoms with Crippen LogP contribution in [-0.4, -0.2) is 33.2 Å². The molecule has 1 atom stereocenters. The summed E-state index contributed by atoms with van der Waals surface area (Å²) >= 11 is 1.26. The number of carbonyl (C=O) groups excluding carboxylic acids is 2. The maximum absolute atomic E-state index is 12.7. The summed E-state index contributed by atoms with van der Waals surface area (Å²) in [5, 5.41) is 0.762. The number of nitrogens with two attached hydrogens (primary N) is 1. The van der Waals surface area contributed by atoms with Gasteiger partial charge in [0, 0.05) is 12.7 Å². The topological polar surface area (TPSA) is 89.2 Å². The van der Waals surface area contributed by atoms with Gasteiger partial charge < -0.3 is 10.6 Å². The van der Waals surface area contributed by atoms with Gasteiger partial charge in [-0.2, -0.15) is 0 Å². The predicted molar refractivity (Wildman–Crippen MR) is 82.5 cm³/mol. The highest BCUT2D eigenvalue weighted by molar-refractivity contribution is 7.13. The average Bonchev–Trinajstić information content (AvgIpc) is 3.05. The van der Waals surface area contributed by atoms with Crippen LogP contribution in [0.25, 0.3) is 0 Å². The van der Waals surface area contributed by atoms with Crippen molar-refractivity contribution in [2.75, 3.05) is 6.54 Å². The van der Waals surface area contributed by atoms with E-state index in [4.69, 9.17) is 5.73 Å². The number of aromatic nitrogens is 2. The summed E-state index contributed by atoms with van der Waals surface area (Å²) in [7, 11) is 0. The van der Waals surface area contributed by atoms with E-state index in [0.717, 1.165) is 24.3 Å². The molecule has 114 valence electrons. The molecule has 1 aliphatic heterocycles. The lowest BCUT2D eigenvalue weighted by molar-refractivity contribution is 0.0605. The Morgan fingerprint density at radius 1 is 1.27 bits per heavy atom. The van der Waals surface area contributed by atoms with Gasteiger partial charge in [-0.1, -0.05) is 6.07 Å². The van der Waals surface area contributed by atoms with Crippen LogP contribution >= 0.6 is 11.3 Å². The van der Waals surface area contributed by atoms with Crippen LogP contribution in [0.1, 0.15) is 50.5 Å². The number of hydrogen-bond donors (Lipinski definition) is 1. The Morgan fingerprint density at radius 3 is 2.82 bits per heavy atom. The van der Waals surface area contributed by atoms with Gasteiger partial charge in [-0.25, -0.2) is 4.98 Å². The number of hydrogen-bond acceptors (Lipinski definition) is 5. The molecular weight excluding hydrogens is 300 g/mol. The Hall–Kier alpha value is -2.28. The molecule has 0 saturated carbocycles. The minimum absolute atomic E-state index is 0.0962. The van der Waals surface area contributed by atoms with Crippen LogP contribution in [0, 0.1) is 0 Å². The smallest absolute Gasteiger partial charge is 0.273 e. The maximum atomic E-state index is 12.7. The van der Waals surface area contributed by atoms with Crippen molar-refractivity contribution < 1.29 is 9.59 Å². The minimum Gasteiger partial charge on any atom is -0.365 e. The molecule has 0 spiro atoms. The van der Waals surface area contributed by atoms with Crippen LogP contribution in [0.5, 0.6) is 0 Å². The van der Waals surface area contributed by atoms with Gasteiger partial charge in [0.15, 0.2) is 0 Å². The van der Waals surface area contributed by atoms with Gasteiger partial charge in [0.25, 0.3) is 11.8 Å². The van der Waals surface area contributed by atoms with E-state index in [1.807, 2.05) is 0 Å². The molecular formula is C15H16N4O2S. The van der Waals surface area contributed by atoms with Crippen molar-refractivity contribution in [1.82, 2.24) is 14.9 Å². The highest BCUT2D eigenvalue weighted by atomic mass is 32.1. The van der Waals surface area contributed by atoms with E-state index in [1.165, 1.54) is 17.5 Å². The Bertz CT molecular complexity index is 686. The molecule has 6 nitrogen and oxygen atoms in total. The van der Waals surface area contributed by atoms with Crippen LogP contribution in [0.3, 0.4) is 0 Å². The number of primary amides is 1. The molecule has 0 aromatic carbocycles. The van der Waals surface area contributed by atoms with Gasteiger partial charge >= 0.3 is 0 Å². The first-order chi connectivity index (χ1) is 10.7. The molecule has 0 unspecified atom stereocenters. The van der Waals surface area contributed by atoms with Gasteiger partial charge in [-0.15, -0.1) is 11.3 Å². The maximum Gasteiger partial charge on any atom is 0.273 e. The fourth-order valence-corrected chi connectivity index (χ4v) is 3.54. The molecule has 2 aromatic rings. The highest BCUT2D eigenvalue weighted by Gasteiger charge is 2.31. The zero-order valence-corrected chi connectivity index (χ0v) is 12.8. The van der Waals surface area contributed by atoms with Gasteiger partial charge in [-0.05, 0) is 31.4 Å². The van der Waals surface area contributed by atoms with Crippen molar-refractivity contribution in [2.45, 2.75) is 25.3 Å². The molecule has 2 aromatic heterocycles. The summed E-state index contributed by atoms with van der Waals surface area (Å²) in [4.78, 5) is 34.6. The monoisotopic (exact) mass is 316 g/mol. The Morgan fingerprint density at radius 2 is 2.14 bits per heavy atom. The van der Waals surface area contributed by atoms with E-state index in [9.17, 15) is 9.59 Å². The van der Waals surface area contributed by atoms with Gasteiger partial charge in [0.05, 0.1) is 12.2 Å². The molecule has 0 aliphatic carbocycles. The number of amides is 2. The van der Waals surface area contributed by atoms with Crippen LogP contribution < -0.4 is 5.73 Å². The standard InChI is InChI=1S/C15H16N4O2S/c16-13(20)12-9-18-14(22-12)11-6-2-4-8-19(11)15(21)10-5-1-3-7-17-10/h1,3,5,7,9,11H,2,4,6,8H2,(H2,16,20)/t11-/m1/s1. The van der Waals surface area contributed by atoms with E-state index in [0.29, 0.717) is 17.1 Å². The zero-order chi connectivity index (χ0) is 15.5. The molecule has 3 heterocycles. The lowest BCUT2D eigenvalue weighted by Crippen LogP contribution is -2.38. The van der Waals surface area contributed by atoms with Crippen molar-refractivity contribution in [3.05, 3.63) is 46.2 Å². The quantitative estimate of drug-likeness (QED) is 0.938. The Balaban J connectivity index is 1.87. The normalized spacial score (nSPS) is 18.2. The highest BCUT2D eigenvalue weighted by Crippen LogP contribution is 2.34. The summed E-state index contributed by atoms with van der Waals surface area (Å²) < 4.78 is 0. The molecule has 1 saturated heterocycles. The third-order valence-corrected chi connectivity index (χ3v) is 4.81. The number of thiazole rings is 1. The minimum atomic E-state index is -0.484. The molecule has 2 amide bonds. The van der Waals surface area contributed by atoms with Crippen LogP contribution in [0.4, 0.5) is 0 Å². The zero-order valence-electron chi connectivity index (χ0n) is 11.9. The molecule has 0 radical (unpaired) electrons. The first kappa shape index (κ1) is 14.6. The van der Waals surface area contributed by atoms with Gasteiger partial charge in [0.1, 0.15) is 15.6 Å². The fourth-order valence-electron chi connectivity index (χ4n) is 2.62. The van der Waals surface area contributed by atoms with Crippen molar-refractivity contribution in [1.29, 1.82) is 0 Å². The van der Waals surface area contributed by atoms with E-state index < -0.39 is 5.91 Å². The van der Waals surface area contributed by atoms with Gasteiger partial charge in [0.2, 0.25) is 0 Å². The Labute approximate surface area is 132 Å². The lowest BCUT2D eigenvalue weighted by Gasteiger charge is -2.34. The van der Waals surface area contributed by atoms with Crippen LogP contribution in [0.2, 0.25) is 0 Å². The third-order valence-electron chi connectivity index (χ3n) is 3.70. The molecule has 0 bridgehead atoms. The van der Waals surface area contributed by atoms with Crippen molar-refractivity contribution >= 4 is 23.2 Å². The van der Waals surface area contributed by atoms with Crippen LogP contribution in [0.15, 0.2) is 30.6 Å². The number of piperidine rings is 1. The second-order valence-electron chi connectivity index (χ2n) is 5.15. The predicted octanol–water partition coefficient (Wildman–Crippen LogP) is 2.00. The Kier molecular flexibility index (Phi) is 4.15. The fraction of sp³-hybridized carbons (Fsp3) is 0.333. The van der Waals surface area contributed by atoms with Crippen molar-refractivity contribution in [3.8, 4) is 0 Å². The molecule has 1 fully saturated rings. The summed E-state index contributed by atoms with van der Waals surface area (Å²) in [6.45, 7) is 0.672. The van der Waals surface area contributed by atoms with Gasteiger partial charge in [-0.3, -0.25) is 14.6 Å². The van der Waals surface area contributed by atoms with Crippen molar-refractivity contribution in [2.24, 2.45) is 5.73 Å². The molecule has 2 N–H and O–H groups in total. The summed E-state index contributed by atoms with van der Waals surface area (Å²) in [6, 6.07) is 5.18. The number of nitrogens with zero attached hydrogens (tertiary/aromatic N) is 3. The van der Waals surface area contributed by atoms with E-state index in [1.54, 1.807) is 29.3 Å². The lowest BCUT2D eigenvalue weighted by atomic mass is 10.0. The number of carbonyl (C=O) groups is 2. The third kappa shape index (κ3) is 2.85. The molecule has 22 heavy (non-hydrogen) atoms. The average molecular weight is 316 g/mol. The SMILES string of the molecule is NC(=O)c1cnc([C@H]2CCCCN2C(=O)c2ccccn2)s1. The molecule has 7 heteroatoms. The summed E-state index contributed by atoms with van der Waals surface area (Å²) in [5.74, 6) is -0.580. The second-order valence-corrected chi connectivity index (χ2v) is 6.21. The molecule has 3 rings (SSSR count). The first-order valence-electron chi connectivity index (χ1n) is 7.14. The first-order valence-corrected chi connectivity index (χ1v) is 7.96. The number of likely N-dealkylation sites (tertiary alicyclic amines) is 1. The summed E-state index contributed by atoms with van der Waals surface area (Å²) in [5.41, 5.74) is 5.71. The van der Waals surface area contributed by atoms with E-state index in [2.05, 4.69) is 9.97 Å². The second kappa shape index (κ2) is 6.23. The molecule has 1 aliphatic rings. The van der Waals surface area contributed by atoms with Crippen LogP contribution in [-0.2, 0) is 0 Å². The van der Waals surface area contributed by atoms with E-state index >= 15 is 0 Å². The number of rotatable bonds is 3. The summed E-state index contributed by atoms with van der Waals surface area (Å²) in [6.07, 6.45) is 5.93. The van der Waals surface area contributed by atoms with Crippen molar-refractivity contribution in [3.63, 3.8) is 0 Å². The largest absolute Gasteiger partial charge is 0.365 e. The van der Waals surface area contributed by atoms with E-state index in [-0.39, 0.29) is 11.9 Å².